The molecule has 3 heteroatoms. The topological polar surface area (TPSA) is 52.3 Å². The lowest BCUT2D eigenvalue weighted by Crippen LogP contribution is -2.41. The van der Waals surface area contributed by atoms with Crippen molar-refractivity contribution in [2.24, 2.45) is 16.6 Å². The number of methoxy groups -OCH3 is 1. The average molecular weight is 199 g/mol. The Morgan fingerprint density at radius 2 is 2.07 bits per heavy atom. The fraction of sp³-hybridized carbons (Fsp3) is 0.909. The first kappa shape index (κ1) is 11.5. The second-order valence-electron chi connectivity index (χ2n) is 4.97. The van der Waals surface area contributed by atoms with Crippen LogP contribution in [0, 0.1) is 10.8 Å². The Kier molecular flexibility index (Phi) is 3.20. The smallest absolute Gasteiger partial charge is 0.306 e. The second kappa shape index (κ2) is 3.89. The molecule has 0 heterocycles. The molecule has 0 aliphatic heterocycles. The molecule has 1 atom stereocenters. The largest absolute Gasteiger partial charge is 0.469 e. The summed E-state index contributed by atoms with van der Waals surface area (Å²) in [6.07, 6.45) is 3.83. The summed E-state index contributed by atoms with van der Waals surface area (Å²) in [6, 6.07) is 0. The maximum Gasteiger partial charge on any atom is 0.306 e. The minimum absolute atomic E-state index is 0.0416. The molecule has 0 aromatic rings. The van der Waals surface area contributed by atoms with Gasteiger partial charge in [0.1, 0.15) is 0 Å². The van der Waals surface area contributed by atoms with Gasteiger partial charge in [0.2, 0.25) is 0 Å². The number of carbonyl (C=O) groups is 1. The Morgan fingerprint density at radius 3 is 2.43 bits per heavy atom. The number of hydrogen-bond donors (Lipinski definition) is 1. The zero-order valence-electron chi connectivity index (χ0n) is 9.43. The van der Waals surface area contributed by atoms with Crippen LogP contribution in [0.5, 0.6) is 0 Å². The lowest BCUT2D eigenvalue weighted by atomic mass is 9.66. The van der Waals surface area contributed by atoms with Gasteiger partial charge in [-0.05, 0) is 30.2 Å². The van der Waals surface area contributed by atoms with Crippen molar-refractivity contribution in [2.75, 3.05) is 13.7 Å². The highest BCUT2D eigenvalue weighted by Crippen LogP contribution is 2.54. The van der Waals surface area contributed by atoms with Gasteiger partial charge in [0.25, 0.3) is 0 Å². The Labute approximate surface area is 86.0 Å². The molecule has 1 saturated carbocycles. The normalized spacial score (nSPS) is 30.3. The fourth-order valence-electron chi connectivity index (χ4n) is 2.60. The highest BCUT2D eigenvalue weighted by Gasteiger charge is 2.48. The van der Waals surface area contributed by atoms with Crippen molar-refractivity contribution in [2.45, 2.75) is 39.5 Å². The SMILES string of the molecule is COC(=O)CC1(CN)CCCC1(C)C. The number of ether oxygens (including phenoxy) is 1. The van der Waals surface area contributed by atoms with E-state index in [1.54, 1.807) is 0 Å². The Balaban J connectivity index is 2.80. The lowest BCUT2D eigenvalue weighted by molar-refractivity contribution is -0.145. The molecule has 0 radical (unpaired) electrons. The molecule has 1 fully saturated rings. The van der Waals surface area contributed by atoms with Crippen LogP contribution in [0.4, 0.5) is 0 Å². The molecule has 2 N–H and O–H groups in total. The summed E-state index contributed by atoms with van der Waals surface area (Å²) >= 11 is 0. The molecule has 1 aliphatic rings. The van der Waals surface area contributed by atoms with Crippen LogP contribution in [-0.4, -0.2) is 19.6 Å². The summed E-state index contributed by atoms with van der Waals surface area (Å²) in [7, 11) is 1.44. The summed E-state index contributed by atoms with van der Waals surface area (Å²) in [5.41, 5.74) is 5.96. The minimum Gasteiger partial charge on any atom is -0.469 e. The Bertz CT molecular complexity index is 225. The van der Waals surface area contributed by atoms with Crippen molar-refractivity contribution in [3.63, 3.8) is 0 Å². The van der Waals surface area contributed by atoms with E-state index in [-0.39, 0.29) is 16.8 Å². The van der Waals surface area contributed by atoms with Crippen molar-refractivity contribution >= 4 is 5.97 Å². The van der Waals surface area contributed by atoms with Crippen LogP contribution in [0.2, 0.25) is 0 Å². The van der Waals surface area contributed by atoms with Crippen LogP contribution in [0.15, 0.2) is 0 Å². The van der Waals surface area contributed by atoms with Crippen LogP contribution in [-0.2, 0) is 9.53 Å². The van der Waals surface area contributed by atoms with E-state index in [0.717, 1.165) is 12.8 Å². The fourth-order valence-corrected chi connectivity index (χ4v) is 2.60. The standard InChI is InChI=1S/C11H21NO2/c1-10(2)5-4-6-11(10,8-12)7-9(13)14-3/h4-8,12H2,1-3H3. The lowest BCUT2D eigenvalue weighted by Gasteiger charge is -2.40. The predicted molar refractivity (Wildman–Crippen MR) is 55.8 cm³/mol. The van der Waals surface area contributed by atoms with Crippen molar-refractivity contribution < 1.29 is 9.53 Å². The predicted octanol–water partition coefficient (Wildman–Crippen LogP) is 1.70. The van der Waals surface area contributed by atoms with E-state index in [2.05, 4.69) is 13.8 Å². The minimum atomic E-state index is -0.134. The second-order valence-corrected chi connectivity index (χ2v) is 4.97. The number of esters is 1. The quantitative estimate of drug-likeness (QED) is 0.704. The Morgan fingerprint density at radius 1 is 1.43 bits per heavy atom. The molecule has 14 heavy (non-hydrogen) atoms. The van der Waals surface area contributed by atoms with Gasteiger partial charge in [0.15, 0.2) is 0 Å². The highest BCUT2D eigenvalue weighted by molar-refractivity contribution is 5.70. The molecule has 0 aromatic heterocycles. The van der Waals surface area contributed by atoms with Crippen molar-refractivity contribution in [1.29, 1.82) is 0 Å². The first-order valence-corrected chi connectivity index (χ1v) is 5.24. The molecule has 1 rings (SSSR count). The summed E-state index contributed by atoms with van der Waals surface area (Å²) in [6.45, 7) is 4.99. The molecule has 1 unspecified atom stereocenters. The highest BCUT2D eigenvalue weighted by atomic mass is 16.5. The monoisotopic (exact) mass is 199 g/mol. The van der Waals surface area contributed by atoms with Gasteiger partial charge in [-0.3, -0.25) is 4.79 Å². The molecule has 0 saturated heterocycles. The zero-order valence-corrected chi connectivity index (χ0v) is 9.43. The van der Waals surface area contributed by atoms with Gasteiger partial charge in [-0.1, -0.05) is 20.3 Å². The first-order chi connectivity index (χ1) is 6.47. The molecule has 0 spiro atoms. The van der Waals surface area contributed by atoms with E-state index in [9.17, 15) is 4.79 Å². The van der Waals surface area contributed by atoms with E-state index in [1.165, 1.54) is 13.5 Å². The van der Waals surface area contributed by atoms with E-state index in [4.69, 9.17) is 10.5 Å². The van der Waals surface area contributed by atoms with Crippen molar-refractivity contribution in [3.05, 3.63) is 0 Å². The molecular weight excluding hydrogens is 178 g/mol. The van der Waals surface area contributed by atoms with Crippen LogP contribution < -0.4 is 5.73 Å². The number of hydrogen-bond acceptors (Lipinski definition) is 3. The third-order valence-corrected chi connectivity index (χ3v) is 3.99. The maximum absolute atomic E-state index is 11.3. The van der Waals surface area contributed by atoms with Crippen molar-refractivity contribution in [3.8, 4) is 0 Å². The maximum atomic E-state index is 11.3. The van der Waals surface area contributed by atoms with E-state index in [1.807, 2.05) is 0 Å². The average Bonchev–Trinajstić information content (AvgIpc) is 2.42. The van der Waals surface area contributed by atoms with Crippen LogP contribution >= 0.6 is 0 Å². The van der Waals surface area contributed by atoms with Gasteiger partial charge in [0.05, 0.1) is 13.5 Å². The summed E-state index contributed by atoms with van der Waals surface area (Å²) in [4.78, 5) is 11.3. The van der Waals surface area contributed by atoms with E-state index < -0.39 is 0 Å². The summed E-state index contributed by atoms with van der Waals surface area (Å²) in [5, 5.41) is 0. The number of nitrogens with two attached hydrogens (primary N) is 1. The number of rotatable bonds is 3. The summed E-state index contributed by atoms with van der Waals surface area (Å²) < 4.78 is 4.74. The van der Waals surface area contributed by atoms with Gasteiger partial charge in [-0.2, -0.15) is 0 Å². The third kappa shape index (κ3) is 1.78. The van der Waals surface area contributed by atoms with E-state index in [0.29, 0.717) is 13.0 Å². The van der Waals surface area contributed by atoms with Gasteiger partial charge >= 0.3 is 5.97 Å². The van der Waals surface area contributed by atoms with Gasteiger partial charge < -0.3 is 10.5 Å². The molecule has 3 nitrogen and oxygen atoms in total. The zero-order chi connectivity index (χ0) is 10.8. The van der Waals surface area contributed by atoms with Crippen molar-refractivity contribution in [1.82, 2.24) is 0 Å². The number of carbonyl (C=O) groups excluding carboxylic acids is 1. The van der Waals surface area contributed by atoms with E-state index >= 15 is 0 Å². The van der Waals surface area contributed by atoms with Crippen LogP contribution in [0.1, 0.15) is 39.5 Å². The first-order valence-electron chi connectivity index (χ1n) is 5.24. The van der Waals surface area contributed by atoms with Crippen LogP contribution in [0.25, 0.3) is 0 Å². The van der Waals surface area contributed by atoms with Gasteiger partial charge in [-0.25, -0.2) is 0 Å². The molecule has 0 amide bonds. The van der Waals surface area contributed by atoms with Gasteiger partial charge in [-0.15, -0.1) is 0 Å². The summed E-state index contributed by atoms with van der Waals surface area (Å²) in [5.74, 6) is -0.134. The van der Waals surface area contributed by atoms with Gasteiger partial charge in [0, 0.05) is 0 Å². The van der Waals surface area contributed by atoms with Crippen LogP contribution in [0.3, 0.4) is 0 Å². The molecule has 1 aliphatic carbocycles. The Hall–Kier alpha value is -0.570. The third-order valence-electron chi connectivity index (χ3n) is 3.99. The molecule has 0 bridgehead atoms. The molecular formula is C11H21NO2. The molecule has 82 valence electrons. The molecule has 0 aromatic carbocycles.